The molecule has 0 aromatic carbocycles. The van der Waals surface area contributed by atoms with E-state index in [2.05, 4.69) is 30.8 Å². The van der Waals surface area contributed by atoms with Crippen molar-refractivity contribution in [3.05, 3.63) is 30.1 Å². The number of hydrogen-bond donors (Lipinski definition) is 1. The highest BCUT2D eigenvalue weighted by Crippen LogP contribution is 2.17. The molecule has 1 aliphatic carbocycles. The maximum absolute atomic E-state index is 6.15. The van der Waals surface area contributed by atoms with E-state index >= 15 is 0 Å². The molecule has 1 saturated heterocycles. The molecule has 1 aliphatic heterocycles. The fraction of sp³-hybridized carbons (Fsp3) is 0.562. The second-order valence-electron chi connectivity index (χ2n) is 5.81. The molecule has 0 unspecified atom stereocenters. The first-order valence-electron chi connectivity index (χ1n) is 8.07. The average Bonchev–Trinajstić information content (AvgIpc) is 2.61. The number of nitrogens with two attached hydrogens (primary N) is 1. The fourth-order valence-electron chi connectivity index (χ4n) is 2.92. The largest absolute Gasteiger partial charge is 0.370 e. The summed E-state index contributed by atoms with van der Waals surface area (Å²) in [7, 11) is 0. The molecule has 0 amide bonds. The molecule has 2 N–H and O–H groups in total. The molecule has 2 heterocycles. The maximum atomic E-state index is 6.15. The van der Waals surface area contributed by atoms with Crippen LogP contribution in [-0.4, -0.2) is 53.6 Å². The number of aliphatic imine (C=N–C) groups is 1. The third kappa shape index (κ3) is 3.75. The van der Waals surface area contributed by atoms with Gasteiger partial charge < -0.3 is 15.5 Å². The summed E-state index contributed by atoms with van der Waals surface area (Å²) < 4.78 is 0. The van der Waals surface area contributed by atoms with Crippen LogP contribution >= 0.6 is 0 Å². The zero-order chi connectivity index (χ0) is 15.2. The van der Waals surface area contributed by atoms with E-state index in [1.54, 1.807) is 12.4 Å². The smallest absolute Gasteiger partial charge is 0.225 e. The Hall–Kier alpha value is -2.11. The predicted octanol–water partition coefficient (Wildman–Crippen LogP) is 1.41. The van der Waals surface area contributed by atoms with Crippen LogP contribution in [0.3, 0.4) is 0 Å². The summed E-state index contributed by atoms with van der Waals surface area (Å²) in [5, 5.41) is 0. The van der Waals surface area contributed by atoms with Gasteiger partial charge in [-0.25, -0.2) is 15.0 Å². The van der Waals surface area contributed by atoms with Crippen molar-refractivity contribution in [2.75, 3.05) is 37.6 Å². The minimum Gasteiger partial charge on any atom is -0.370 e. The van der Waals surface area contributed by atoms with Crippen molar-refractivity contribution >= 4 is 11.9 Å². The lowest BCUT2D eigenvalue weighted by molar-refractivity contribution is 0.378. The van der Waals surface area contributed by atoms with Crippen molar-refractivity contribution in [1.82, 2.24) is 14.9 Å². The summed E-state index contributed by atoms with van der Waals surface area (Å²) in [4.78, 5) is 17.5. The molecule has 2 aliphatic rings. The van der Waals surface area contributed by atoms with Gasteiger partial charge in [-0.3, -0.25) is 0 Å². The molecule has 0 spiro atoms. The number of piperazine rings is 1. The lowest BCUT2D eigenvalue weighted by atomic mass is 10.00. The highest BCUT2D eigenvalue weighted by molar-refractivity contribution is 5.78. The van der Waals surface area contributed by atoms with Crippen molar-refractivity contribution in [2.45, 2.75) is 25.7 Å². The van der Waals surface area contributed by atoms with Gasteiger partial charge in [-0.1, -0.05) is 11.6 Å². The normalized spacial score (nSPS) is 20.0. The lowest BCUT2D eigenvalue weighted by Gasteiger charge is -2.35. The molecule has 1 aromatic heterocycles. The Morgan fingerprint density at radius 3 is 2.59 bits per heavy atom. The summed E-state index contributed by atoms with van der Waals surface area (Å²) in [6.45, 7) is 4.25. The zero-order valence-corrected chi connectivity index (χ0v) is 13.0. The molecule has 0 atom stereocenters. The van der Waals surface area contributed by atoms with Gasteiger partial charge in [0.1, 0.15) is 0 Å². The highest BCUT2D eigenvalue weighted by atomic mass is 15.3. The van der Waals surface area contributed by atoms with Gasteiger partial charge in [0.25, 0.3) is 0 Å². The molecule has 6 nitrogen and oxygen atoms in total. The number of anilines is 1. The second-order valence-corrected chi connectivity index (χ2v) is 5.81. The standard InChI is InChI=1S/C16H24N6/c17-15(20-13-14-5-2-1-3-6-14)21-9-11-22(12-10-21)16-18-7-4-8-19-16/h4-5,7-8H,1-3,6,9-13H2,(H2,17,20). The minimum atomic E-state index is 0.667. The lowest BCUT2D eigenvalue weighted by Crippen LogP contribution is -2.51. The Balaban J connectivity index is 1.51. The van der Waals surface area contributed by atoms with E-state index in [0.29, 0.717) is 5.96 Å². The Kier molecular flexibility index (Phi) is 4.88. The van der Waals surface area contributed by atoms with Crippen molar-refractivity contribution < 1.29 is 0 Å². The summed E-state index contributed by atoms with van der Waals surface area (Å²) >= 11 is 0. The van der Waals surface area contributed by atoms with Gasteiger partial charge in [0, 0.05) is 38.6 Å². The number of aromatic nitrogens is 2. The molecular weight excluding hydrogens is 276 g/mol. The fourth-order valence-corrected chi connectivity index (χ4v) is 2.92. The molecular formula is C16H24N6. The molecule has 22 heavy (non-hydrogen) atoms. The summed E-state index contributed by atoms with van der Waals surface area (Å²) in [5.41, 5.74) is 7.58. The van der Waals surface area contributed by atoms with E-state index in [-0.39, 0.29) is 0 Å². The average molecular weight is 300 g/mol. The number of allylic oxidation sites excluding steroid dienone is 1. The highest BCUT2D eigenvalue weighted by Gasteiger charge is 2.19. The van der Waals surface area contributed by atoms with Crippen LogP contribution in [0.4, 0.5) is 5.95 Å². The van der Waals surface area contributed by atoms with Gasteiger partial charge >= 0.3 is 0 Å². The van der Waals surface area contributed by atoms with Gasteiger partial charge in [0.15, 0.2) is 5.96 Å². The van der Waals surface area contributed by atoms with Crippen LogP contribution < -0.4 is 10.6 Å². The van der Waals surface area contributed by atoms with E-state index in [9.17, 15) is 0 Å². The third-order valence-electron chi connectivity index (χ3n) is 4.27. The predicted molar refractivity (Wildman–Crippen MR) is 88.9 cm³/mol. The third-order valence-corrected chi connectivity index (χ3v) is 4.27. The van der Waals surface area contributed by atoms with E-state index < -0.39 is 0 Å². The Morgan fingerprint density at radius 1 is 1.14 bits per heavy atom. The molecule has 3 rings (SSSR count). The molecule has 1 aromatic rings. The van der Waals surface area contributed by atoms with Crippen LogP contribution in [0.5, 0.6) is 0 Å². The van der Waals surface area contributed by atoms with Gasteiger partial charge in [-0.05, 0) is 31.7 Å². The molecule has 0 saturated carbocycles. The number of nitrogens with zero attached hydrogens (tertiary/aromatic N) is 5. The number of rotatable bonds is 3. The quantitative estimate of drug-likeness (QED) is 0.519. The first-order valence-corrected chi connectivity index (χ1v) is 8.07. The number of hydrogen-bond acceptors (Lipinski definition) is 4. The van der Waals surface area contributed by atoms with E-state index in [4.69, 9.17) is 5.73 Å². The van der Waals surface area contributed by atoms with Crippen LogP contribution in [0.25, 0.3) is 0 Å². The minimum absolute atomic E-state index is 0.667. The van der Waals surface area contributed by atoms with Crippen LogP contribution in [0.2, 0.25) is 0 Å². The maximum Gasteiger partial charge on any atom is 0.225 e. The summed E-state index contributed by atoms with van der Waals surface area (Å²) in [5.74, 6) is 1.46. The summed E-state index contributed by atoms with van der Waals surface area (Å²) in [6.07, 6.45) is 10.9. The van der Waals surface area contributed by atoms with Gasteiger partial charge in [0.05, 0.1) is 6.54 Å². The van der Waals surface area contributed by atoms with E-state index in [1.807, 2.05) is 6.07 Å². The molecule has 0 radical (unpaired) electrons. The monoisotopic (exact) mass is 300 g/mol. The molecule has 0 bridgehead atoms. The van der Waals surface area contributed by atoms with E-state index in [0.717, 1.165) is 38.7 Å². The zero-order valence-electron chi connectivity index (χ0n) is 13.0. The first kappa shape index (κ1) is 14.8. The molecule has 1 fully saturated rings. The molecule has 6 heteroatoms. The second kappa shape index (κ2) is 7.24. The molecule has 118 valence electrons. The first-order chi connectivity index (χ1) is 10.8. The van der Waals surface area contributed by atoms with Crippen LogP contribution in [0.15, 0.2) is 35.1 Å². The summed E-state index contributed by atoms with van der Waals surface area (Å²) in [6, 6.07) is 1.84. The van der Waals surface area contributed by atoms with Crippen molar-refractivity contribution in [3.8, 4) is 0 Å². The number of guanidine groups is 1. The Bertz CT molecular complexity index is 531. The van der Waals surface area contributed by atoms with Crippen LogP contribution in [-0.2, 0) is 0 Å². The Labute approximate surface area is 131 Å². The van der Waals surface area contributed by atoms with Crippen molar-refractivity contribution in [1.29, 1.82) is 0 Å². The van der Waals surface area contributed by atoms with Crippen LogP contribution in [0, 0.1) is 0 Å². The van der Waals surface area contributed by atoms with Crippen molar-refractivity contribution in [3.63, 3.8) is 0 Å². The van der Waals surface area contributed by atoms with Gasteiger partial charge in [-0.15, -0.1) is 0 Å². The van der Waals surface area contributed by atoms with Crippen LogP contribution in [0.1, 0.15) is 25.7 Å². The topological polar surface area (TPSA) is 70.6 Å². The SMILES string of the molecule is NC(=NCC1=CCCCC1)N1CCN(c2ncccn2)CC1. The Morgan fingerprint density at radius 2 is 1.91 bits per heavy atom. The van der Waals surface area contributed by atoms with Crippen molar-refractivity contribution in [2.24, 2.45) is 10.7 Å². The van der Waals surface area contributed by atoms with Gasteiger partial charge in [-0.2, -0.15) is 0 Å². The van der Waals surface area contributed by atoms with Gasteiger partial charge in [0.2, 0.25) is 5.95 Å². The van der Waals surface area contributed by atoms with E-state index in [1.165, 1.54) is 31.3 Å².